The van der Waals surface area contributed by atoms with Crippen LogP contribution in [0.3, 0.4) is 0 Å². The molecule has 2 heteroatoms. The molecule has 0 fully saturated rings. The number of fused-ring (bicyclic) bond motifs is 1. The SMILES string of the molecule is Clc1cc[c]c2[c]ccc(Cl)c12. The summed E-state index contributed by atoms with van der Waals surface area (Å²) >= 11 is 11.9. The van der Waals surface area contributed by atoms with Gasteiger partial charge in [-0.3, -0.25) is 0 Å². The number of rotatable bonds is 0. The van der Waals surface area contributed by atoms with Crippen LogP contribution in [0.25, 0.3) is 10.8 Å². The van der Waals surface area contributed by atoms with E-state index in [-0.39, 0.29) is 0 Å². The van der Waals surface area contributed by atoms with Gasteiger partial charge in [0, 0.05) is 20.8 Å². The van der Waals surface area contributed by atoms with E-state index in [2.05, 4.69) is 12.1 Å². The molecule has 0 aliphatic carbocycles. The highest BCUT2D eigenvalue weighted by Gasteiger charge is 2.01. The minimum absolute atomic E-state index is 0.644. The van der Waals surface area contributed by atoms with Gasteiger partial charge in [-0.15, -0.1) is 0 Å². The van der Waals surface area contributed by atoms with Crippen LogP contribution in [-0.4, -0.2) is 0 Å². The summed E-state index contributed by atoms with van der Waals surface area (Å²) in [6.45, 7) is 0. The van der Waals surface area contributed by atoms with Crippen LogP contribution in [0.5, 0.6) is 0 Å². The van der Waals surface area contributed by atoms with Gasteiger partial charge in [-0.1, -0.05) is 35.3 Å². The van der Waals surface area contributed by atoms with Crippen molar-refractivity contribution >= 4 is 34.0 Å². The van der Waals surface area contributed by atoms with Gasteiger partial charge in [0.2, 0.25) is 0 Å². The van der Waals surface area contributed by atoms with Gasteiger partial charge in [-0.25, -0.2) is 0 Å². The molecule has 0 aliphatic heterocycles. The lowest BCUT2D eigenvalue weighted by atomic mass is 10.1. The first-order valence-corrected chi connectivity index (χ1v) is 4.21. The lowest BCUT2D eigenvalue weighted by Gasteiger charge is -2.00. The number of hydrogen-bond donors (Lipinski definition) is 0. The second-order valence-corrected chi connectivity index (χ2v) is 3.22. The van der Waals surface area contributed by atoms with Crippen LogP contribution in [-0.2, 0) is 0 Å². The normalized spacial score (nSPS) is 10.5. The number of halogens is 2. The quantitative estimate of drug-likeness (QED) is 0.600. The van der Waals surface area contributed by atoms with E-state index in [0.717, 1.165) is 10.8 Å². The van der Waals surface area contributed by atoms with Crippen molar-refractivity contribution in [2.75, 3.05) is 0 Å². The summed E-state index contributed by atoms with van der Waals surface area (Å²) < 4.78 is 0. The van der Waals surface area contributed by atoms with Crippen molar-refractivity contribution in [2.45, 2.75) is 0 Å². The van der Waals surface area contributed by atoms with Gasteiger partial charge in [-0.2, -0.15) is 0 Å². The molecular weight excluding hydrogens is 191 g/mol. The highest BCUT2D eigenvalue weighted by Crippen LogP contribution is 2.28. The molecule has 0 N–H and O–H groups in total. The van der Waals surface area contributed by atoms with Gasteiger partial charge >= 0.3 is 0 Å². The van der Waals surface area contributed by atoms with Crippen molar-refractivity contribution in [3.8, 4) is 0 Å². The van der Waals surface area contributed by atoms with Crippen molar-refractivity contribution in [2.24, 2.45) is 0 Å². The van der Waals surface area contributed by atoms with Crippen LogP contribution in [0.15, 0.2) is 24.3 Å². The molecule has 0 aromatic heterocycles. The lowest BCUT2D eigenvalue weighted by Crippen LogP contribution is -1.75. The first kappa shape index (κ1) is 7.90. The molecule has 0 unspecified atom stereocenters. The molecule has 0 heterocycles. The molecule has 12 heavy (non-hydrogen) atoms. The summed E-state index contributed by atoms with van der Waals surface area (Å²) in [6.07, 6.45) is 0. The van der Waals surface area contributed by atoms with Gasteiger partial charge in [0.05, 0.1) is 0 Å². The molecule has 2 aromatic carbocycles. The predicted octanol–water partition coefficient (Wildman–Crippen LogP) is 3.75. The third-order valence-electron chi connectivity index (χ3n) is 1.64. The fourth-order valence-corrected chi connectivity index (χ4v) is 1.67. The zero-order chi connectivity index (χ0) is 8.55. The Kier molecular flexibility index (Phi) is 1.95. The van der Waals surface area contributed by atoms with E-state index < -0.39 is 0 Å². The average Bonchev–Trinajstić information content (AvgIpc) is 2.04. The highest BCUT2D eigenvalue weighted by atomic mass is 35.5. The molecule has 0 bridgehead atoms. The van der Waals surface area contributed by atoms with E-state index in [1.165, 1.54) is 0 Å². The summed E-state index contributed by atoms with van der Waals surface area (Å²) in [6, 6.07) is 13.1. The molecule has 0 saturated heterocycles. The second-order valence-electron chi connectivity index (χ2n) is 2.40. The van der Waals surface area contributed by atoms with Crippen LogP contribution >= 0.6 is 23.2 Å². The van der Waals surface area contributed by atoms with Crippen molar-refractivity contribution < 1.29 is 0 Å². The molecule has 0 atom stereocenters. The molecular formula is C10H4Cl2. The molecule has 0 spiro atoms. The van der Waals surface area contributed by atoms with Gasteiger partial charge in [-0.05, 0) is 24.3 Å². The topological polar surface area (TPSA) is 0 Å². The zero-order valence-corrected chi connectivity index (χ0v) is 7.58. The Balaban J connectivity index is 2.96. The Morgan fingerprint density at radius 2 is 1.42 bits per heavy atom. The van der Waals surface area contributed by atoms with E-state index in [9.17, 15) is 0 Å². The van der Waals surface area contributed by atoms with E-state index in [1.54, 1.807) is 24.3 Å². The van der Waals surface area contributed by atoms with Crippen molar-refractivity contribution in [1.82, 2.24) is 0 Å². The third kappa shape index (κ3) is 1.17. The van der Waals surface area contributed by atoms with Crippen LogP contribution in [0.1, 0.15) is 0 Å². The van der Waals surface area contributed by atoms with Crippen LogP contribution < -0.4 is 0 Å². The molecule has 2 aromatic rings. The number of benzene rings is 2. The van der Waals surface area contributed by atoms with Crippen LogP contribution in [0.2, 0.25) is 10.0 Å². The van der Waals surface area contributed by atoms with E-state index in [0.29, 0.717) is 10.0 Å². The Morgan fingerprint density at radius 3 is 1.83 bits per heavy atom. The first-order chi connectivity index (χ1) is 5.79. The molecule has 2 radical (unpaired) electrons. The van der Waals surface area contributed by atoms with E-state index in [4.69, 9.17) is 23.2 Å². The predicted molar refractivity (Wildman–Crippen MR) is 51.6 cm³/mol. The van der Waals surface area contributed by atoms with Gasteiger partial charge in [0.1, 0.15) is 0 Å². The summed E-state index contributed by atoms with van der Waals surface area (Å²) in [4.78, 5) is 0. The van der Waals surface area contributed by atoms with Gasteiger partial charge < -0.3 is 0 Å². The van der Waals surface area contributed by atoms with Crippen molar-refractivity contribution in [3.05, 3.63) is 46.4 Å². The van der Waals surface area contributed by atoms with Crippen molar-refractivity contribution in [3.63, 3.8) is 0 Å². The number of hydrogen-bond acceptors (Lipinski definition) is 0. The van der Waals surface area contributed by atoms with Gasteiger partial charge in [0.25, 0.3) is 0 Å². The molecule has 0 nitrogen and oxygen atoms in total. The third-order valence-corrected chi connectivity index (χ3v) is 2.27. The van der Waals surface area contributed by atoms with Crippen LogP contribution in [0.4, 0.5) is 0 Å². The summed E-state index contributed by atoms with van der Waals surface area (Å²) in [7, 11) is 0. The fourth-order valence-electron chi connectivity index (χ4n) is 1.10. The largest absolute Gasteiger partial charge is 0.0836 e. The van der Waals surface area contributed by atoms with Crippen molar-refractivity contribution in [1.29, 1.82) is 0 Å². The minimum Gasteiger partial charge on any atom is -0.0836 e. The molecule has 58 valence electrons. The standard InChI is InChI=1S/C10H4Cl2/c11-8-5-1-3-7-4-2-6-9(12)10(7)8/h1-2,5-6H. The molecule has 0 amide bonds. The lowest BCUT2D eigenvalue weighted by molar-refractivity contribution is 1.72. The maximum Gasteiger partial charge on any atom is 0.0500 e. The van der Waals surface area contributed by atoms with Gasteiger partial charge in [0.15, 0.2) is 0 Å². The average molecular weight is 195 g/mol. The summed E-state index contributed by atoms with van der Waals surface area (Å²) in [5.74, 6) is 0. The van der Waals surface area contributed by atoms with E-state index >= 15 is 0 Å². The van der Waals surface area contributed by atoms with E-state index in [1.807, 2.05) is 0 Å². The Hall–Kier alpha value is -0.720. The maximum absolute atomic E-state index is 5.94. The van der Waals surface area contributed by atoms with Crippen LogP contribution in [0, 0.1) is 12.1 Å². The molecule has 2 rings (SSSR count). The summed E-state index contributed by atoms with van der Waals surface area (Å²) in [5.41, 5.74) is 0. The molecule has 0 aliphatic rings. The highest BCUT2D eigenvalue weighted by molar-refractivity contribution is 6.42. The second kappa shape index (κ2) is 2.96. The molecule has 0 saturated carbocycles. The first-order valence-electron chi connectivity index (χ1n) is 3.45. The Bertz CT molecular complexity index is 384. The Morgan fingerprint density at radius 1 is 0.917 bits per heavy atom. The zero-order valence-electron chi connectivity index (χ0n) is 6.07. The fraction of sp³-hybridized carbons (Fsp3) is 0. The summed E-state index contributed by atoms with van der Waals surface area (Å²) in [5, 5.41) is 2.94. The monoisotopic (exact) mass is 194 g/mol. The maximum atomic E-state index is 5.94. The smallest absolute Gasteiger partial charge is 0.0500 e. The Labute approximate surface area is 80.7 Å². The minimum atomic E-state index is 0.644.